The Morgan fingerprint density at radius 1 is 1.17 bits per heavy atom. The second-order valence-electron chi connectivity index (χ2n) is 5.94. The molecule has 1 saturated heterocycles. The molecule has 24 heavy (non-hydrogen) atoms. The fourth-order valence-electron chi connectivity index (χ4n) is 2.87. The lowest BCUT2D eigenvalue weighted by Crippen LogP contribution is -2.54. The second-order valence-corrected chi connectivity index (χ2v) is 6.88. The third-order valence-electron chi connectivity index (χ3n) is 4.38. The maximum Gasteiger partial charge on any atom is 0.348 e. The average molecular weight is 345 g/mol. The van der Waals surface area contributed by atoms with E-state index < -0.39 is 11.6 Å². The van der Waals surface area contributed by atoms with Crippen molar-refractivity contribution in [3.05, 3.63) is 52.2 Å². The summed E-state index contributed by atoms with van der Waals surface area (Å²) < 4.78 is 5.92. The van der Waals surface area contributed by atoms with Crippen molar-refractivity contribution in [3.63, 3.8) is 0 Å². The first kappa shape index (κ1) is 16.5. The molecule has 2 aromatic rings. The predicted molar refractivity (Wildman–Crippen MR) is 91.6 cm³/mol. The molecular formula is C18H19NO4S. The van der Waals surface area contributed by atoms with Crippen LogP contribution in [0, 0.1) is 6.92 Å². The van der Waals surface area contributed by atoms with Crippen LogP contribution in [-0.4, -0.2) is 40.6 Å². The van der Waals surface area contributed by atoms with E-state index in [4.69, 9.17) is 4.74 Å². The van der Waals surface area contributed by atoms with E-state index in [1.807, 2.05) is 36.6 Å². The van der Waals surface area contributed by atoms with E-state index in [-0.39, 0.29) is 18.7 Å². The van der Waals surface area contributed by atoms with Gasteiger partial charge in [-0.3, -0.25) is 4.79 Å². The Kier molecular flexibility index (Phi) is 4.57. The van der Waals surface area contributed by atoms with E-state index in [0.717, 1.165) is 5.56 Å². The van der Waals surface area contributed by atoms with Crippen molar-refractivity contribution in [1.82, 2.24) is 4.90 Å². The van der Waals surface area contributed by atoms with Crippen LogP contribution in [-0.2, 0) is 4.79 Å². The summed E-state index contributed by atoms with van der Waals surface area (Å²) in [6.45, 7) is 2.63. The summed E-state index contributed by atoms with van der Waals surface area (Å²) in [5, 5.41) is 11.6. The molecule has 1 N–H and O–H groups in total. The zero-order valence-corrected chi connectivity index (χ0v) is 14.2. The third-order valence-corrected chi connectivity index (χ3v) is 5.24. The number of piperidine rings is 1. The van der Waals surface area contributed by atoms with Gasteiger partial charge in [0.25, 0.3) is 5.91 Å². The van der Waals surface area contributed by atoms with Crippen molar-refractivity contribution in [1.29, 1.82) is 0 Å². The fourth-order valence-corrected chi connectivity index (χ4v) is 3.56. The lowest BCUT2D eigenvalue weighted by Gasteiger charge is -2.39. The Morgan fingerprint density at radius 3 is 2.46 bits per heavy atom. The molecule has 6 heteroatoms. The summed E-state index contributed by atoms with van der Waals surface area (Å²) in [5.41, 5.74) is -0.381. The quantitative estimate of drug-likeness (QED) is 0.924. The topological polar surface area (TPSA) is 66.8 Å². The third kappa shape index (κ3) is 3.14. The van der Waals surface area contributed by atoms with E-state index in [1.165, 1.54) is 11.3 Å². The number of carbonyl (C=O) groups is 2. The van der Waals surface area contributed by atoms with Crippen molar-refractivity contribution in [2.24, 2.45) is 0 Å². The fraction of sp³-hybridized carbons (Fsp3) is 0.333. The SMILES string of the molecule is Cc1ccccc1OC1(C(=O)O)CCN(C(=O)c2cccs2)CC1. The van der Waals surface area contributed by atoms with Crippen LogP contribution >= 0.6 is 11.3 Å². The van der Waals surface area contributed by atoms with E-state index in [1.54, 1.807) is 17.0 Å². The maximum atomic E-state index is 12.4. The number of aryl methyl sites for hydroxylation is 1. The van der Waals surface area contributed by atoms with Crippen LogP contribution in [0.2, 0.25) is 0 Å². The molecule has 0 radical (unpaired) electrons. The van der Waals surface area contributed by atoms with E-state index in [9.17, 15) is 14.7 Å². The molecule has 0 atom stereocenters. The average Bonchev–Trinajstić information content (AvgIpc) is 3.11. The molecule has 3 rings (SSSR count). The van der Waals surface area contributed by atoms with Crippen LogP contribution in [0.25, 0.3) is 0 Å². The van der Waals surface area contributed by atoms with E-state index in [2.05, 4.69) is 0 Å². The lowest BCUT2D eigenvalue weighted by molar-refractivity contribution is -0.159. The summed E-state index contributed by atoms with van der Waals surface area (Å²) >= 11 is 1.40. The molecule has 0 saturated carbocycles. The van der Waals surface area contributed by atoms with Gasteiger partial charge >= 0.3 is 5.97 Å². The van der Waals surface area contributed by atoms with Crippen molar-refractivity contribution in [2.75, 3.05) is 13.1 Å². The molecule has 5 nitrogen and oxygen atoms in total. The largest absolute Gasteiger partial charge is 0.478 e. The minimum Gasteiger partial charge on any atom is -0.478 e. The van der Waals surface area contributed by atoms with Crippen molar-refractivity contribution in [3.8, 4) is 5.75 Å². The van der Waals surface area contributed by atoms with Gasteiger partial charge in [0, 0.05) is 25.9 Å². The van der Waals surface area contributed by atoms with Crippen LogP contribution < -0.4 is 4.74 Å². The number of benzene rings is 1. The smallest absolute Gasteiger partial charge is 0.348 e. The number of hydrogen-bond acceptors (Lipinski definition) is 4. The minimum absolute atomic E-state index is 0.0418. The highest BCUT2D eigenvalue weighted by molar-refractivity contribution is 7.12. The molecule has 1 aromatic heterocycles. The highest BCUT2D eigenvalue weighted by Crippen LogP contribution is 2.31. The molecule has 126 valence electrons. The van der Waals surface area contributed by atoms with Crippen LogP contribution in [0.5, 0.6) is 5.75 Å². The Balaban J connectivity index is 1.74. The minimum atomic E-state index is -1.28. The molecule has 0 bridgehead atoms. The first-order valence-corrected chi connectivity index (χ1v) is 8.71. The van der Waals surface area contributed by atoms with Gasteiger partial charge in [-0.15, -0.1) is 11.3 Å². The van der Waals surface area contributed by atoms with Crippen LogP contribution in [0.1, 0.15) is 28.1 Å². The van der Waals surface area contributed by atoms with Gasteiger partial charge in [-0.2, -0.15) is 0 Å². The summed E-state index contributed by atoms with van der Waals surface area (Å²) in [6, 6.07) is 11.0. The van der Waals surface area contributed by atoms with Gasteiger partial charge in [0.2, 0.25) is 5.60 Å². The van der Waals surface area contributed by atoms with Gasteiger partial charge in [-0.25, -0.2) is 4.79 Å². The Morgan fingerprint density at radius 2 is 1.88 bits per heavy atom. The second kappa shape index (κ2) is 6.65. The number of rotatable bonds is 4. The van der Waals surface area contributed by atoms with E-state index >= 15 is 0 Å². The standard InChI is InChI=1S/C18H19NO4S/c1-13-5-2-3-6-14(13)23-18(17(21)22)8-10-19(11-9-18)16(20)15-7-4-12-24-15/h2-7,12H,8-11H2,1H3,(H,21,22). The van der Waals surface area contributed by atoms with Gasteiger partial charge in [0.1, 0.15) is 5.75 Å². The van der Waals surface area contributed by atoms with Crippen molar-refractivity contribution < 1.29 is 19.4 Å². The lowest BCUT2D eigenvalue weighted by atomic mass is 9.90. The highest BCUT2D eigenvalue weighted by atomic mass is 32.1. The van der Waals surface area contributed by atoms with E-state index in [0.29, 0.717) is 23.7 Å². The number of likely N-dealkylation sites (tertiary alicyclic amines) is 1. The summed E-state index contributed by atoms with van der Waals surface area (Å²) in [6.07, 6.45) is 0.543. The van der Waals surface area contributed by atoms with Crippen LogP contribution in [0.3, 0.4) is 0 Å². The molecule has 1 aliphatic heterocycles. The highest BCUT2D eigenvalue weighted by Gasteiger charge is 2.45. The van der Waals surface area contributed by atoms with Gasteiger partial charge in [-0.05, 0) is 30.0 Å². The summed E-state index contributed by atoms with van der Waals surface area (Å²) in [7, 11) is 0. The molecule has 0 spiro atoms. The number of carbonyl (C=O) groups excluding carboxylic acids is 1. The van der Waals surface area contributed by atoms with Gasteiger partial charge < -0.3 is 14.7 Å². The van der Waals surface area contributed by atoms with Crippen LogP contribution in [0.15, 0.2) is 41.8 Å². The summed E-state index contributed by atoms with van der Waals surface area (Å²) in [4.78, 5) is 26.7. The molecule has 1 aromatic carbocycles. The number of para-hydroxylation sites is 1. The zero-order valence-electron chi connectivity index (χ0n) is 13.4. The number of carboxylic acids is 1. The predicted octanol–water partition coefficient (Wildman–Crippen LogP) is 3.19. The molecule has 1 fully saturated rings. The first-order valence-electron chi connectivity index (χ1n) is 7.83. The van der Waals surface area contributed by atoms with Gasteiger partial charge in [0.15, 0.2) is 0 Å². The number of hydrogen-bond donors (Lipinski definition) is 1. The van der Waals surface area contributed by atoms with Crippen LogP contribution in [0.4, 0.5) is 0 Å². The Bertz CT molecular complexity index is 733. The number of nitrogens with zero attached hydrogens (tertiary/aromatic N) is 1. The number of ether oxygens (including phenoxy) is 1. The Labute approximate surface area is 144 Å². The molecular weight excluding hydrogens is 326 g/mol. The van der Waals surface area contributed by atoms with Crippen molar-refractivity contribution in [2.45, 2.75) is 25.4 Å². The number of thiophene rings is 1. The number of carboxylic acid groups (broad SMARTS) is 1. The van der Waals surface area contributed by atoms with Gasteiger partial charge in [-0.1, -0.05) is 24.3 Å². The molecule has 1 amide bonds. The Hall–Kier alpha value is -2.34. The monoisotopic (exact) mass is 345 g/mol. The van der Waals surface area contributed by atoms with Gasteiger partial charge in [0.05, 0.1) is 4.88 Å². The molecule has 2 heterocycles. The maximum absolute atomic E-state index is 12.4. The molecule has 1 aliphatic rings. The number of aliphatic carboxylic acids is 1. The normalized spacial score (nSPS) is 16.6. The molecule has 0 unspecified atom stereocenters. The first-order chi connectivity index (χ1) is 11.5. The molecule has 0 aliphatic carbocycles. The van der Waals surface area contributed by atoms with Crippen molar-refractivity contribution >= 4 is 23.2 Å². The zero-order chi connectivity index (χ0) is 17.2. The summed E-state index contributed by atoms with van der Waals surface area (Å²) in [5.74, 6) is -0.438. The number of amides is 1.